The van der Waals surface area contributed by atoms with E-state index in [0.29, 0.717) is 51.8 Å². The summed E-state index contributed by atoms with van der Waals surface area (Å²) in [4.78, 5) is 26.7. The highest BCUT2D eigenvalue weighted by Gasteiger charge is 2.34. The van der Waals surface area contributed by atoms with Crippen LogP contribution in [0.2, 0.25) is 0 Å². The average molecular weight is 678 g/mol. The maximum atomic E-state index is 14.2. The second-order valence-corrected chi connectivity index (χ2v) is 14.3. The van der Waals surface area contributed by atoms with Crippen molar-refractivity contribution < 1.29 is 36.3 Å². The van der Waals surface area contributed by atoms with E-state index >= 15 is 0 Å². The first-order chi connectivity index (χ1) is 22.4. The normalized spacial score (nSPS) is 16.1. The first-order valence-corrected chi connectivity index (χ1v) is 18.2. The summed E-state index contributed by atoms with van der Waals surface area (Å²) in [5, 5.41) is 7.94. The molecular weight excluding hydrogens is 628 g/mol. The van der Waals surface area contributed by atoms with E-state index in [0.717, 1.165) is 30.2 Å². The van der Waals surface area contributed by atoms with Crippen LogP contribution in [0, 0.1) is 11.6 Å². The number of carbonyl (C=O) groups excluding carboxylic acids is 2. The van der Waals surface area contributed by atoms with E-state index in [1.807, 2.05) is 32.0 Å². The lowest BCUT2D eigenvalue weighted by atomic mass is 9.97. The Morgan fingerprint density at radius 2 is 1.66 bits per heavy atom. The van der Waals surface area contributed by atoms with Gasteiger partial charge in [-0.15, -0.1) is 0 Å². The van der Waals surface area contributed by atoms with E-state index in [4.69, 9.17) is 9.47 Å². The number of carbonyl (C=O) groups is 2. The van der Waals surface area contributed by atoms with Crippen LogP contribution in [0.25, 0.3) is 5.57 Å². The Hall–Kier alpha value is -3.35. The molecule has 0 aliphatic carbocycles. The molecule has 0 unspecified atom stereocenters. The molecule has 0 aromatic heterocycles. The van der Waals surface area contributed by atoms with Crippen LogP contribution in [0.3, 0.4) is 0 Å². The number of aryl methyl sites for hydroxylation is 1. The van der Waals surface area contributed by atoms with Crippen molar-refractivity contribution in [1.82, 2.24) is 16.0 Å². The van der Waals surface area contributed by atoms with E-state index in [1.165, 1.54) is 5.56 Å². The number of ether oxygens (including phenoxy) is 2. The molecule has 0 bridgehead atoms. The molecule has 0 spiro atoms. The van der Waals surface area contributed by atoms with Crippen molar-refractivity contribution >= 4 is 27.4 Å². The number of nitrogens with one attached hydrogen (secondary N) is 3. The molecule has 12 heteroatoms. The lowest BCUT2D eigenvalue weighted by Crippen LogP contribution is -2.54. The van der Waals surface area contributed by atoms with Crippen molar-refractivity contribution in [1.29, 1.82) is 0 Å². The Morgan fingerprint density at radius 1 is 0.979 bits per heavy atom. The minimum Gasteiger partial charge on any atom is -0.444 e. The molecule has 0 radical (unpaired) electrons. The second kappa shape index (κ2) is 18.8. The van der Waals surface area contributed by atoms with Gasteiger partial charge in [0.15, 0.2) is 9.84 Å². The molecular formula is C35H49F2N3O6S. The summed E-state index contributed by atoms with van der Waals surface area (Å²) >= 11 is 0. The number of hydrogen-bond acceptors (Lipinski definition) is 7. The van der Waals surface area contributed by atoms with E-state index in [1.54, 1.807) is 0 Å². The molecule has 2 aromatic rings. The van der Waals surface area contributed by atoms with E-state index in [2.05, 4.69) is 35.5 Å². The van der Waals surface area contributed by atoms with Crippen LogP contribution in [-0.4, -0.2) is 69.4 Å². The molecule has 2 aromatic carbocycles. The zero-order valence-electron chi connectivity index (χ0n) is 27.7. The maximum absolute atomic E-state index is 14.2. The first kappa shape index (κ1) is 38.1. The van der Waals surface area contributed by atoms with Gasteiger partial charge >= 0.3 is 6.09 Å². The maximum Gasteiger partial charge on any atom is 0.408 e. The minimum absolute atomic E-state index is 0.146. The van der Waals surface area contributed by atoms with Gasteiger partial charge in [0.1, 0.15) is 23.8 Å². The fourth-order valence-electron chi connectivity index (χ4n) is 5.62. The van der Waals surface area contributed by atoms with Crippen molar-refractivity contribution in [3.05, 3.63) is 77.4 Å². The van der Waals surface area contributed by atoms with Crippen molar-refractivity contribution in [3.8, 4) is 0 Å². The highest BCUT2D eigenvalue weighted by molar-refractivity contribution is 7.92. The molecule has 3 rings (SSSR count). The van der Waals surface area contributed by atoms with Gasteiger partial charge in [0.2, 0.25) is 5.91 Å². The second-order valence-electron chi connectivity index (χ2n) is 12.0. The SMILES string of the molecule is C=C(c1cc(F)cc(F)c1)[C@@H](CCNCc1cccc(CC)c1)NC(=O)[C@@H](CS(=O)(=O)C(CCC)CCC)NC(=O)O[C@H]1CCOC1. The van der Waals surface area contributed by atoms with Gasteiger partial charge in [0.25, 0.3) is 0 Å². The number of alkyl carbamates (subject to hydrolysis) is 1. The highest BCUT2D eigenvalue weighted by Crippen LogP contribution is 2.22. The molecule has 1 heterocycles. The molecule has 260 valence electrons. The van der Waals surface area contributed by atoms with Crippen molar-refractivity contribution in [2.24, 2.45) is 0 Å². The number of sulfone groups is 1. The Balaban J connectivity index is 1.83. The van der Waals surface area contributed by atoms with E-state index in [-0.39, 0.29) is 24.2 Å². The van der Waals surface area contributed by atoms with E-state index < -0.39 is 62.7 Å². The lowest BCUT2D eigenvalue weighted by Gasteiger charge is -2.27. The molecule has 9 nitrogen and oxygen atoms in total. The molecule has 2 amide bonds. The predicted molar refractivity (Wildman–Crippen MR) is 179 cm³/mol. The summed E-state index contributed by atoms with van der Waals surface area (Å²) in [5.74, 6) is -3.03. The van der Waals surface area contributed by atoms with Gasteiger partial charge in [0.05, 0.1) is 30.3 Å². The topological polar surface area (TPSA) is 123 Å². The molecule has 0 saturated carbocycles. The van der Waals surface area contributed by atoms with E-state index in [9.17, 15) is 26.8 Å². The molecule has 1 aliphatic heterocycles. The Bertz CT molecular complexity index is 1420. The molecule has 1 aliphatic rings. The molecule has 3 atom stereocenters. The molecule has 1 fully saturated rings. The zero-order chi connectivity index (χ0) is 34.4. The van der Waals surface area contributed by atoms with Crippen LogP contribution in [0.5, 0.6) is 0 Å². The van der Waals surface area contributed by atoms with Crippen LogP contribution in [0.1, 0.15) is 76.0 Å². The quantitative estimate of drug-likeness (QED) is 0.169. The summed E-state index contributed by atoms with van der Waals surface area (Å²) in [6.07, 6.45) is 2.32. The van der Waals surface area contributed by atoms with Gasteiger partial charge in [-0.3, -0.25) is 4.79 Å². The number of rotatable bonds is 19. The van der Waals surface area contributed by atoms with Crippen LogP contribution >= 0.6 is 0 Å². The van der Waals surface area contributed by atoms with Crippen molar-refractivity contribution in [3.63, 3.8) is 0 Å². The Kier molecular flexibility index (Phi) is 15.3. The fraction of sp³-hybridized carbons (Fsp3) is 0.543. The number of benzene rings is 2. The lowest BCUT2D eigenvalue weighted by molar-refractivity contribution is -0.123. The predicted octanol–water partition coefficient (Wildman–Crippen LogP) is 5.47. The summed E-state index contributed by atoms with van der Waals surface area (Å²) in [6.45, 7) is 11.5. The third-order valence-electron chi connectivity index (χ3n) is 8.21. The zero-order valence-corrected chi connectivity index (χ0v) is 28.5. The molecule has 1 saturated heterocycles. The summed E-state index contributed by atoms with van der Waals surface area (Å²) < 4.78 is 66.1. The van der Waals surface area contributed by atoms with Crippen LogP contribution in [-0.2, 0) is 37.1 Å². The van der Waals surface area contributed by atoms with Crippen LogP contribution in [0.4, 0.5) is 13.6 Å². The molecule has 3 N–H and O–H groups in total. The highest BCUT2D eigenvalue weighted by atomic mass is 32.2. The average Bonchev–Trinajstić information content (AvgIpc) is 3.54. The third-order valence-corrected chi connectivity index (χ3v) is 10.5. The molecule has 47 heavy (non-hydrogen) atoms. The smallest absolute Gasteiger partial charge is 0.408 e. The van der Waals surface area contributed by atoms with Crippen LogP contribution < -0.4 is 16.0 Å². The van der Waals surface area contributed by atoms with Crippen molar-refractivity contribution in [2.45, 2.75) is 95.7 Å². The van der Waals surface area contributed by atoms with Gasteiger partial charge in [-0.1, -0.05) is 64.5 Å². The summed E-state index contributed by atoms with van der Waals surface area (Å²) in [5.41, 5.74) is 2.65. The van der Waals surface area contributed by atoms with Gasteiger partial charge in [-0.05, 0) is 66.6 Å². The van der Waals surface area contributed by atoms with Gasteiger partial charge < -0.3 is 25.4 Å². The first-order valence-electron chi connectivity index (χ1n) is 16.5. The summed E-state index contributed by atoms with van der Waals surface area (Å²) in [7, 11) is -3.83. The number of hydrogen-bond donors (Lipinski definition) is 3. The Morgan fingerprint density at radius 3 is 2.28 bits per heavy atom. The van der Waals surface area contributed by atoms with Gasteiger partial charge in [-0.2, -0.15) is 0 Å². The standard InChI is InChI=1S/C35H49F2N3O6S/c1-5-9-31(10-6-2)47(43,44)23-33(40-35(42)46-30-14-16-45-22-30)34(41)39-32(24(4)27-18-28(36)20-29(37)19-27)13-15-38-21-26-12-8-11-25(7-3)17-26/h8,11-12,17-20,30-33,38H,4-7,9-10,13-16,21-23H2,1-3H3,(H,39,41)(H,40,42)/t30-,32+,33+/m0/s1. The largest absolute Gasteiger partial charge is 0.444 e. The van der Waals surface area contributed by atoms with Crippen LogP contribution in [0.15, 0.2) is 49.0 Å². The van der Waals surface area contributed by atoms with Gasteiger partial charge in [0, 0.05) is 19.0 Å². The van der Waals surface area contributed by atoms with Crippen molar-refractivity contribution in [2.75, 3.05) is 25.5 Å². The fourth-order valence-corrected chi connectivity index (χ4v) is 7.78. The Labute approximate surface area is 277 Å². The minimum atomic E-state index is -3.83. The van der Waals surface area contributed by atoms with Gasteiger partial charge in [-0.25, -0.2) is 22.0 Å². The third kappa shape index (κ3) is 12.3. The number of halogens is 2. The summed E-state index contributed by atoms with van der Waals surface area (Å²) in [6, 6.07) is 8.76. The number of amides is 2. The monoisotopic (exact) mass is 677 g/mol.